The van der Waals surface area contributed by atoms with Crippen LogP contribution in [0.4, 0.5) is 0 Å². The van der Waals surface area contributed by atoms with E-state index in [1.807, 2.05) is 31.2 Å². The summed E-state index contributed by atoms with van der Waals surface area (Å²) >= 11 is 3.37. The van der Waals surface area contributed by atoms with Crippen LogP contribution < -0.4 is 4.74 Å². The van der Waals surface area contributed by atoms with Gasteiger partial charge in [0, 0.05) is 4.47 Å². The van der Waals surface area contributed by atoms with Crippen LogP contribution in [0.2, 0.25) is 0 Å². The van der Waals surface area contributed by atoms with Gasteiger partial charge in [-0.2, -0.15) is 5.21 Å². The Balaban J connectivity index is 2.10. The number of tetrazole rings is 1. The van der Waals surface area contributed by atoms with Crippen molar-refractivity contribution in [2.75, 3.05) is 0 Å². The van der Waals surface area contributed by atoms with Gasteiger partial charge in [0.15, 0.2) is 6.10 Å². The van der Waals surface area contributed by atoms with Crippen molar-refractivity contribution in [1.29, 1.82) is 0 Å². The molecule has 0 saturated carbocycles. The molecule has 1 aromatic heterocycles. The van der Waals surface area contributed by atoms with Gasteiger partial charge in [-0.15, -0.1) is 10.2 Å². The topological polar surface area (TPSA) is 63.7 Å². The standard InChI is InChI=1S/C10H11BrN4O/c1-2-9(10-12-14-15-13-10)16-8-5-3-7(11)4-6-8/h3-6,9H,2H2,1H3,(H,12,13,14,15)/t9-/m0/s1. The van der Waals surface area contributed by atoms with E-state index in [0.29, 0.717) is 5.82 Å². The molecular formula is C10H11BrN4O. The van der Waals surface area contributed by atoms with Crippen molar-refractivity contribution in [3.63, 3.8) is 0 Å². The Morgan fingerprint density at radius 1 is 1.38 bits per heavy atom. The Kier molecular flexibility index (Phi) is 3.51. The number of hydrogen-bond acceptors (Lipinski definition) is 4. The molecular weight excluding hydrogens is 272 g/mol. The highest BCUT2D eigenvalue weighted by Gasteiger charge is 2.15. The molecule has 16 heavy (non-hydrogen) atoms. The molecule has 2 rings (SSSR count). The maximum absolute atomic E-state index is 5.76. The number of hydrogen-bond donors (Lipinski definition) is 1. The first-order valence-corrected chi connectivity index (χ1v) is 5.74. The second-order valence-electron chi connectivity index (χ2n) is 3.24. The normalized spacial score (nSPS) is 12.4. The van der Waals surface area contributed by atoms with Crippen LogP contribution in [0.25, 0.3) is 0 Å². The molecule has 6 heteroatoms. The van der Waals surface area contributed by atoms with E-state index in [1.54, 1.807) is 0 Å². The average molecular weight is 283 g/mol. The van der Waals surface area contributed by atoms with Crippen LogP contribution in [0.3, 0.4) is 0 Å². The predicted molar refractivity (Wildman–Crippen MR) is 62.0 cm³/mol. The van der Waals surface area contributed by atoms with Crippen molar-refractivity contribution >= 4 is 15.9 Å². The first kappa shape index (κ1) is 11.1. The third kappa shape index (κ3) is 2.57. The summed E-state index contributed by atoms with van der Waals surface area (Å²) in [4.78, 5) is 0. The van der Waals surface area contributed by atoms with Crippen molar-refractivity contribution in [3.05, 3.63) is 34.6 Å². The van der Waals surface area contributed by atoms with Crippen molar-refractivity contribution in [2.24, 2.45) is 0 Å². The Labute approximate surface area is 101 Å². The summed E-state index contributed by atoms with van der Waals surface area (Å²) in [6, 6.07) is 7.65. The van der Waals surface area contributed by atoms with Gasteiger partial charge in [-0.25, -0.2) is 0 Å². The summed E-state index contributed by atoms with van der Waals surface area (Å²) in [5, 5.41) is 13.8. The van der Waals surface area contributed by atoms with Crippen LogP contribution >= 0.6 is 15.9 Å². The van der Waals surface area contributed by atoms with Gasteiger partial charge >= 0.3 is 0 Å². The molecule has 1 N–H and O–H groups in total. The van der Waals surface area contributed by atoms with Crippen molar-refractivity contribution in [1.82, 2.24) is 20.6 Å². The molecule has 0 unspecified atom stereocenters. The number of benzene rings is 1. The summed E-state index contributed by atoms with van der Waals surface area (Å²) in [5.74, 6) is 1.37. The summed E-state index contributed by atoms with van der Waals surface area (Å²) in [6.45, 7) is 2.01. The number of ether oxygens (including phenoxy) is 1. The van der Waals surface area contributed by atoms with E-state index >= 15 is 0 Å². The molecule has 0 amide bonds. The highest BCUT2D eigenvalue weighted by molar-refractivity contribution is 9.10. The molecule has 5 nitrogen and oxygen atoms in total. The molecule has 1 aromatic carbocycles. The van der Waals surface area contributed by atoms with Gasteiger partial charge in [0.2, 0.25) is 5.82 Å². The van der Waals surface area contributed by atoms with E-state index in [9.17, 15) is 0 Å². The lowest BCUT2D eigenvalue weighted by Crippen LogP contribution is -2.08. The van der Waals surface area contributed by atoms with Crippen LogP contribution in [0, 0.1) is 0 Å². The molecule has 0 fully saturated rings. The minimum atomic E-state index is -0.167. The molecule has 1 atom stereocenters. The fourth-order valence-electron chi connectivity index (χ4n) is 1.30. The van der Waals surface area contributed by atoms with Crippen LogP contribution in [-0.2, 0) is 0 Å². The van der Waals surface area contributed by atoms with Gasteiger partial charge in [0.1, 0.15) is 5.75 Å². The van der Waals surface area contributed by atoms with Crippen molar-refractivity contribution < 1.29 is 4.74 Å². The highest BCUT2D eigenvalue weighted by Crippen LogP contribution is 2.23. The minimum Gasteiger partial charge on any atom is -0.482 e. The predicted octanol–water partition coefficient (Wildman–Crippen LogP) is 2.49. The molecule has 0 saturated heterocycles. The molecule has 0 spiro atoms. The number of rotatable bonds is 4. The van der Waals surface area contributed by atoms with E-state index in [4.69, 9.17) is 4.74 Å². The molecule has 84 valence electrons. The molecule has 0 radical (unpaired) electrons. The zero-order valence-corrected chi connectivity index (χ0v) is 10.3. The highest BCUT2D eigenvalue weighted by atomic mass is 79.9. The first-order chi connectivity index (χ1) is 7.79. The zero-order chi connectivity index (χ0) is 11.4. The Bertz CT molecular complexity index is 429. The summed E-state index contributed by atoms with van der Waals surface area (Å²) < 4.78 is 6.78. The van der Waals surface area contributed by atoms with E-state index in [0.717, 1.165) is 16.6 Å². The average Bonchev–Trinajstić information content (AvgIpc) is 2.82. The van der Waals surface area contributed by atoms with E-state index in [2.05, 4.69) is 36.6 Å². The third-order valence-corrected chi connectivity index (χ3v) is 2.64. The molecule has 2 aromatic rings. The van der Waals surface area contributed by atoms with Gasteiger partial charge in [-0.05, 0) is 30.7 Å². The third-order valence-electron chi connectivity index (χ3n) is 2.11. The van der Waals surface area contributed by atoms with Crippen molar-refractivity contribution in [2.45, 2.75) is 19.4 Å². The lowest BCUT2D eigenvalue weighted by atomic mass is 10.2. The number of nitrogens with zero attached hydrogens (tertiary/aromatic N) is 3. The van der Waals surface area contributed by atoms with Crippen LogP contribution in [0.1, 0.15) is 25.3 Å². The molecule has 1 heterocycles. The molecule has 0 aliphatic heterocycles. The molecule has 0 aliphatic carbocycles. The smallest absolute Gasteiger partial charge is 0.214 e. The van der Waals surface area contributed by atoms with Gasteiger partial charge in [0.05, 0.1) is 0 Å². The second-order valence-corrected chi connectivity index (χ2v) is 4.15. The Morgan fingerprint density at radius 2 is 2.12 bits per heavy atom. The monoisotopic (exact) mass is 282 g/mol. The minimum absolute atomic E-state index is 0.167. The summed E-state index contributed by atoms with van der Waals surface area (Å²) in [5.41, 5.74) is 0. The van der Waals surface area contributed by atoms with E-state index in [1.165, 1.54) is 0 Å². The van der Waals surface area contributed by atoms with Gasteiger partial charge < -0.3 is 4.74 Å². The fraction of sp³-hybridized carbons (Fsp3) is 0.300. The lowest BCUT2D eigenvalue weighted by molar-refractivity contribution is 0.191. The van der Waals surface area contributed by atoms with E-state index in [-0.39, 0.29) is 6.10 Å². The summed E-state index contributed by atoms with van der Waals surface area (Å²) in [7, 11) is 0. The van der Waals surface area contributed by atoms with Gasteiger partial charge in [-0.3, -0.25) is 0 Å². The Morgan fingerprint density at radius 3 is 2.69 bits per heavy atom. The number of halogens is 1. The molecule has 0 aliphatic rings. The van der Waals surface area contributed by atoms with Crippen LogP contribution in [0.15, 0.2) is 28.7 Å². The van der Waals surface area contributed by atoms with Gasteiger partial charge in [-0.1, -0.05) is 28.1 Å². The lowest BCUT2D eigenvalue weighted by Gasteiger charge is -2.13. The van der Waals surface area contributed by atoms with Crippen molar-refractivity contribution in [3.8, 4) is 5.75 Å². The number of aromatic nitrogens is 4. The maximum atomic E-state index is 5.76. The maximum Gasteiger partial charge on any atom is 0.214 e. The number of nitrogens with one attached hydrogen (secondary N) is 1. The largest absolute Gasteiger partial charge is 0.482 e. The number of H-pyrrole nitrogens is 1. The van der Waals surface area contributed by atoms with Gasteiger partial charge in [0.25, 0.3) is 0 Å². The Hall–Kier alpha value is -1.43. The van der Waals surface area contributed by atoms with Crippen LogP contribution in [-0.4, -0.2) is 20.6 Å². The molecule has 0 bridgehead atoms. The first-order valence-electron chi connectivity index (χ1n) is 4.95. The SMILES string of the molecule is CC[C@H](Oc1ccc(Br)cc1)c1nn[nH]n1. The van der Waals surface area contributed by atoms with Crippen LogP contribution in [0.5, 0.6) is 5.75 Å². The number of aromatic amines is 1. The second kappa shape index (κ2) is 5.07. The zero-order valence-electron chi connectivity index (χ0n) is 8.72. The summed E-state index contributed by atoms with van der Waals surface area (Å²) in [6.07, 6.45) is 0.621. The quantitative estimate of drug-likeness (QED) is 0.936. The fourth-order valence-corrected chi connectivity index (χ4v) is 1.57. The van der Waals surface area contributed by atoms with E-state index < -0.39 is 0 Å².